The number of halogens is 1. The van der Waals surface area contributed by atoms with Crippen molar-refractivity contribution in [3.63, 3.8) is 0 Å². The highest BCUT2D eigenvalue weighted by atomic mass is 79.9. The first-order chi connectivity index (χ1) is 7.04. The number of allylic oxidation sites excluding steroid dienone is 3. The van der Waals surface area contributed by atoms with Crippen LogP contribution >= 0.6 is 15.9 Å². The van der Waals surface area contributed by atoms with Gasteiger partial charge in [-0.15, -0.1) is 5.17 Å². The van der Waals surface area contributed by atoms with Gasteiger partial charge >= 0.3 is 0 Å². The Kier molecular flexibility index (Phi) is 4.83. The van der Waals surface area contributed by atoms with Crippen LogP contribution in [0.4, 0.5) is 0 Å². The molecule has 1 rings (SSSR count). The zero-order chi connectivity index (χ0) is 11.4. The lowest BCUT2D eigenvalue weighted by Crippen LogP contribution is -2.34. The van der Waals surface area contributed by atoms with Crippen molar-refractivity contribution in [2.75, 3.05) is 13.6 Å². The van der Waals surface area contributed by atoms with Gasteiger partial charge in [-0.05, 0) is 38.2 Å². The molecule has 4 heteroatoms. The summed E-state index contributed by atoms with van der Waals surface area (Å²) < 4.78 is 1.06. The zero-order valence-electron chi connectivity index (χ0n) is 9.57. The molecule has 0 spiro atoms. The largest absolute Gasteiger partial charge is 0.295 e. The third-order valence-electron chi connectivity index (χ3n) is 2.49. The van der Waals surface area contributed by atoms with E-state index in [2.05, 4.69) is 15.9 Å². The van der Waals surface area contributed by atoms with Gasteiger partial charge in [-0.1, -0.05) is 22.0 Å². The SMILES string of the molecule is C/C=C(Br)\C(C)=C\N(CC1CC1)N(C)O. The third kappa shape index (κ3) is 4.36. The molecule has 0 saturated heterocycles. The summed E-state index contributed by atoms with van der Waals surface area (Å²) in [6.45, 7) is 4.90. The van der Waals surface area contributed by atoms with Crippen LogP contribution in [0, 0.1) is 5.92 Å². The van der Waals surface area contributed by atoms with Gasteiger partial charge in [0.2, 0.25) is 0 Å². The highest BCUT2D eigenvalue weighted by Gasteiger charge is 2.24. The molecule has 0 unspecified atom stereocenters. The number of hydrazine groups is 1. The van der Waals surface area contributed by atoms with Gasteiger partial charge in [0.15, 0.2) is 0 Å². The Bertz CT molecular complexity index is 270. The Morgan fingerprint density at radius 3 is 2.53 bits per heavy atom. The molecule has 1 aliphatic carbocycles. The van der Waals surface area contributed by atoms with Crippen LogP contribution in [-0.4, -0.2) is 29.0 Å². The van der Waals surface area contributed by atoms with Crippen LogP contribution in [0.5, 0.6) is 0 Å². The Morgan fingerprint density at radius 1 is 1.53 bits per heavy atom. The Morgan fingerprint density at radius 2 is 2.13 bits per heavy atom. The molecule has 1 N–H and O–H groups in total. The summed E-state index contributed by atoms with van der Waals surface area (Å²) in [6.07, 6.45) is 6.52. The molecule has 15 heavy (non-hydrogen) atoms. The first-order valence-corrected chi connectivity index (χ1v) is 6.03. The summed E-state index contributed by atoms with van der Waals surface area (Å²) in [5, 5.41) is 12.5. The fraction of sp³-hybridized carbons (Fsp3) is 0.636. The van der Waals surface area contributed by atoms with Crippen molar-refractivity contribution in [3.05, 3.63) is 22.3 Å². The quantitative estimate of drug-likeness (QED) is 0.617. The van der Waals surface area contributed by atoms with Crippen LogP contribution in [0.15, 0.2) is 22.3 Å². The van der Waals surface area contributed by atoms with Gasteiger partial charge < -0.3 is 0 Å². The lowest BCUT2D eigenvalue weighted by atomic mass is 10.3. The topological polar surface area (TPSA) is 26.7 Å². The van der Waals surface area contributed by atoms with E-state index in [0.717, 1.165) is 27.7 Å². The summed E-state index contributed by atoms with van der Waals surface area (Å²) in [5.74, 6) is 0.744. The molecule has 0 aromatic carbocycles. The molecule has 0 amide bonds. The highest BCUT2D eigenvalue weighted by Crippen LogP contribution is 2.30. The third-order valence-corrected chi connectivity index (χ3v) is 3.57. The maximum Gasteiger partial charge on any atom is 0.0390 e. The molecule has 0 aromatic heterocycles. The van der Waals surface area contributed by atoms with E-state index in [9.17, 15) is 5.21 Å². The van der Waals surface area contributed by atoms with E-state index in [4.69, 9.17) is 0 Å². The second-order valence-corrected chi connectivity index (χ2v) is 4.86. The first kappa shape index (κ1) is 12.7. The molecule has 0 bridgehead atoms. The predicted octanol–water partition coefficient (Wildman–Crippen LogP) is 3.14. The second kappa shape index (κ2) is 5.68. The number of hydrogen-bond donors (Lipinski definition) is 1. The van der Waals surface area contributed by atoms with Gasteiger partial charge in [-0.3, -0.25) is 10.2 Å². The molecule has 1 saturated carbocycles. The summed E-state index contributed by atoms with van der Waals surface area (Å²) in [6, 6.07) is 0. The zero-order valence-corrected chi connectivity index (χ0v) is 11.2. The Labute approximate surface area is 100 Å². The molecule has 1 fully saturated rings. The van der Waals surface area contributed by atoms with Crippen molar-refractivity contribution in [1.29, 1.82) is 0 Å². The predicted molar refractivity (Wildman–Crippen MR) is 65.4 cm³/mol. The van der Waals surface area contributed by atoms with E-state index < -0.39 is 0 Å². The maximum atomic E-state index is 9.47. The van der Waals surface area contributed by atoms with Gasteiger partial charge in [0.25, 0.3) is 0 Å². The lowest BCUT2D eigenvalue weighted by Gasteiger charge is -2.26. The summed E-state index contributed by atoms with van der Waals surface area (Å²) >= 11 is 3.47. The molecule has 0 aliphatic heterocycles. The lowest BCUT2D eigenvalue weighted by molar-refractivity contribution is -0.205. The minimum Gasteiger partial charge on any atom is -0.295 e. The van der Waals surface area contributed by atoms with E-state index in [0.29, 0.717) is 0 Å². The van der Waals surface area contributed by atoms with E-state index in [-0.39, 0.29) is 0 Å². The number of rotatable bonds is 5. The standard InChI is InChI=1S/C11H19BrN2O/c1-4-11(12)9(2)7-14(13(3)15)8-10-5-6-10/h4,7,10,15H,5-6,8H2,1-3H3/b9-7+,11-4+. The Balaban J connectivity index is 2.62. The molecule has 3 nitrogen and oxygen atoms in total. The smallest absolute Gasteiger partial charge is 0.0390 e. The number of hydrogen-bond acceptors (Lipinski definition) is 3. The molecule has 1 aliphatic rings. The monoisotopic (exact) mass is 274 g/mol. The Hall–Kier alpha value is -0.320. The van der Waals surface area contributed by atoms with Crippen LogP contribution in [0.2, 0.25) is 0 Å². The fourth-order valence-corrected chi connectivity index (χ4v) is 1.43. The number of hydroxylamine groups is 1. The van der Waals surface area contributed by atoms with Crippen molar-refractivity contribution in [1.82, 2.24) is 10.2 Å². The summed E-state index contributed by atoms with van der Waals surface area (Å²) in [7, 11) is 1.65. The minimum atomic E-state index is 0.744. The van der Waals surface area contributed by atoms with E-state index in [1.165, 1.54) is 12.8 Å². The highest BCUT2D eigenvalue weighted by molar-refractivity contribution is 9.12. The molecular weight excluding hydrogens is 256 g/mol. The molecule has 0 atom stereocenters. The number of nitrogens with zero attached hydrogens (tertiary/aromatic N) is 2. The van der Waals surface area contributed by atoms with Crippen LogP contribution in [0.1, 0.15) is 26.7 Å². The van der Waals surface area contributed by atoms with Gasteiger partial charge in [-0.2, -0.15) is 0 Å². The van der Waals surface area contributed by atoms with Gasteiger partial charge in [0, 0.05) is 24.3 Å². The van der Waals surface area contributed by atoms with E-state index >= 15 is 0 Å². The second-order valence-electron chi connectivity index (χ2n) is 4.00. The molecule has 86 valence electrons. The van der Waals surface area contributed by atoms with E-state index in [1.807, 2.05) is 31.1 Å². The van der Waals surface area contributed by atoms with Crippen molar-refractivity contribution in [2.24, 2.45) is 5.92 Å². The van der Waals surface area contributed by atoms with Gasteiger partial charge in [0.1, 0.15) is 0 Å². The van der Waals surface area contributed by atoms with Crippen molar-refractivity contribution >= 4 is 15.9 Å². The van der Waals surface area contributed by atoms with E-state index in [1.54, 1.807) is 7.05 Å². The maximum absolute atomic E-state index is 9.47. The van der Waals surface area contributed by atoms with Crippen molar-refractivity contribution in [2.45, 2.75) is 26.7 Å². The van der Waals surface area contributed by atoms with Crippen LogP contribution in [-0.2, 0) is 0 Å². The summed E-state index contributed by atoms with van der Waals surface area (Å²) in [5.41, 5.74) is 1.11. The first-order valence-electron chi connectivity index (χ1n) is 5.24. The molecule has 0 aromatic rings. The van der Waals surface area contributed by atoms with Crippen LogP contribution < -0.4 is 0 Å². The fourth-order valence-electron chi connectivity index (χ4n) is 1.33. The molecular formula is C11H19BrN2O. The van der Waals surface area contributed by atoms with Gasteiger partial charge in [-0.25, -0.2) is 0 Å². The molecule has 0 heterocycles. The van der Waals surface area contributed by atoms with Crippen molar-refractivity contribution < 1.29 is 5.21 Å². The van der Waals surface area contributed by atoms with Crippen LogP contribution in [0.25, 0.3) is 0 Å². The minimum absolute atomic E-state index is 0.744. The average Bonchev–Trinajstić information content (AvgIpc) is 2.99. The van der Waals surface area contributed by atoms with Crippen LogP contribution in [0.3, 0.4) is 0 Å². The summed E-state index contributed by atoms with van der Waals surface area (Å²) in [4.78, 5) is 0. The van der Waals surface area contributed by atoms with Gasteiger partial charge in [0.05, 0.1) is 0 Å². The molecule has 0 radical (unpaired) electrons. The van der Waals surface area contributed by atoms with Crippen molar-refractivity contribution in [3.8, 4) is 0 Å². The normalized spacial score (nSPS) is 18.5. The average molecular weight is 275 g/mol.